The van der Waals surface area contributed by atoms with E-state index in [9.17, 15) is 0 Å². The third kappa shape index (κ3) is 6.28. The van der Waals surface area contributed by atoms with Crippen molar-refractivity contribution in [2.24, 2.45) is 0 Å². The first-order valence-electron chi connectivity index (χ1n) is 6.97. The van der Waals surface area contributed by atoms with E-state index in [1.165, 1.54) is 6.42 Å². The van der Waals surface area contributed by atoms with Crippen LogP contribution in [0.3, 0.4) is 0 Å². The molecule has 1 rings (SSSR count). The fourth-order valence-electron chi connectivity index (χ4n) is 1.98. The van der Waals surface area contributed by atoms with E-state index in [1.807, 2.05) is 26.0 Å². The summed E-state index contributed by atoms with van der Waals surface area (Å²) in [5, 5.41) is 11.6. The Kier molecular flexibility index (Phi) is 7.87. The predicted molar refractivity (Wildman–Crippen MR) is 79.0 cm³/mol. The molecule has 0 aliphatic carbocycles. The molecule has 0 aliphatic heterocycles. The summed E-state index contributed by atoms with van der Waals surface area (Å²) in [5.74, 6) is 0.909. The SMILES string of the molecule is Cc1cc(OCCCCC[NH2+]CCO)cc(C)c1Cl. The van der Waals surface area contributed by atoms with Gasteiger partial charge in [-0.25, -0.2) is 0 Å². The summed E-state index contributed by atoms with van der Waals surface area (Å²) in [6, 6.07) is 3.98. The molecule has 0 aromatic heterocycles. The van der Waals surface area contributed by atoms with E-state index in [0.717, 1.165) is 54.4 Å². The van der Waals surface area contributed by atoms with Gasteiger partial charge >= 0.3 is 0 Å². The van der Waals surface area contributed by atoms with Crippen LogP contribution in [0.1, 0.15) is 30.4 Å². The van der Waals surface area contributed by atoms with Gasteiger partial charge in [-0.15, -0.1) is 0 Å². The van der Waals surface area contributed by atoms with E-state index in [1.54, 1.807) is 0 Å². The minimum atomic E-state index is 0.262. The molecule has 0 saturated heterocycles. The summed E-state index contributed by atoms with van der Waals surface area (Å²) in [4.78, 5) is 0. The normalized spacial score (nSPS) is 10.7. The molecule has 108 valence electrons. The zero-order chi connectivity index (χ0) is 14.1. The van der Waals surface area contributed by atoms with Gasteiger partial charge in [-0.1, -0.05) is 11.6 Å². The van der Waals surface area contributed by atoms with Gasteiger partial charge in [0.1, 0.15) is 5.75 Å². The smallest absolute Gasteiger partial charge is 0.119 e. The number of nitrogens with two attached hydrogens (primary N) is 1. The number of hydrogen-bond acceptors (Lipinski definition) is 2. The van der Waals surface area contributed by atoms with Gasteiger partial charge in [-0.3, -0.25) is 0 Å². The average Bonchev–Trinajstić information content (AvgIpc) is 2.39. The minimum Gasteiger partial charge on any atom is -0.494 e. The molecule has 3 N–H and O–H groups in total. The summed E-state index contributed by atoms with van der Waals surface area (Å²) in [6.45, 7) is 6.90. The van der Waals surface area contributed by atoms with Crippen molar-refractivity contribution in [1.82, 2.24) is 0 Å². The van der Waals surface area contributed by atoms with Crippen LogP contribution in [0.4, 0.5) is 0 Å². The van der Waals surface area contributed by atoms with Crippen molar-refractivity contribution in [1.29, 1.82) is 0 Å². The Labute approximate surface area is 120 Å². The van der Waals surface area contributed by atoms with Crippen LogP contribution in [0.25, 0.3) is 0 Å². The number of hydrogen-bond donors (Lipinski definition) is 2. The number of quaternary nitrogens is 1. The number of unbranched alkanes of at least 4 members (excludes halogenated alkanes) is 2. The molecule has 0 heterocycles. The van der Waals surface area contributed by atoms with Crippen LogP contribution in [0, 0.1) is 13.8 Å². The largest absolute Gasteiger partial charge is 0.494 e. The lowest BCUT2D eigenvalue weighted by molar-refractivity contribution is -0.656. The van der Waals surface area contributed by atoms with E-state index >= 15 is 0 Å². The molecule has 0 bridgehead atoms. The Morgan fingerprint density at radius 2 is 1.79 bits per heavy atom. The van der Waals surface area contributed by atoms with Crippen molar-refractivity contribution >= 4 is 11.6 Å². The zero-order valence-corrected chi connectivity index (χ0v) is 12.7. The summed E-state index contributed by atoms with van der Waals surface area (Å²) in [7, 11) is 0. The molecule has 0 unspecified atom stereocenters. The molecule has 0 atom stereocenters. The maximum Gasteiger partial charge on any atom is 0.119 e. The van der Waals surface area contributed by atoms with Crippen LogP contribution in [0.5, 0.6) is 5.75 Å². The number of aryl methyl sites for hydroxylation is 2. The third-order valence-corrected chi connectivity index (χ3v) is 3.66. The maximum absolute atomic E-state index is 8.64. The fraction of sp³-hybridized carbons (Fsp3) is 0.600. The van der Waals surface area contributed by atoms with Gasteiger partial charge in [0.15, 0.2) is 0 Å². The molecule has 0 amide bonds. The number of benzene rings is 1. The Balaban J connectivity index is 2.16. The van der Waals surface area contributed by atoms with Crippen molar-refractivity contribution in [3.63, 3.8) is 0 Å². The van der Waals surface area contributed by atoms with E-state index < -0.39 is 0 Å². The van der Waals surface area contributed by atoms with Crippen LogP contribution in [-0.2, 0) is 0 Å². The second-order valence-electron chi connectivity index (χ2n) is 4.87. The van der Waals surface area contributed by atoms with Gasteiger partial charge in [0.2, 0.25) is 0 Å². The van der Waals surface area contributed by atoms with Crippen molar-refractivity contribution < 1.29 is 15.2 Å². The van der Waals surface area contributed by atoms with E-state index in [-0.39, 0.29) is 6.61 Å². The number of aliphatic hydroxyl groups excluding tert-OH is 1. The van der Waals surface area contributed by atoms with Gasteiger partial charge in [0.25, 0.3) is 0 Å². The first-order chi connectivity index (χ1) is 9.15. The van der Waals surface area contributed by atoms with Gasteiger partial charge in [-0.2, -0.15) is 0 Å². The highest BCUT2D eigenvalue weighted by Gasteiger charge is 2.03. The van der Waals surface area contributed by atoms with Gasteiger partial charge in [0.05, 0.1) is 26.3 Å². The van der Waals surface area contributed by atoms with Crippen molar-refractivity contribution in [3.05, 3.63) is 28.3 Å². The second-order valence-corrected chi connectivity index (χ2v) is 5.25. The standard InChI is InChI=1S/C15H24ClNO2/c1-12-10-14(11-13(2)15(12)16)19-9-5-3-4-6-17-7-8-18/h10-11,17-18H,3-9H2,1-2H3/p+1. The fourth-order valence-corrected chi connectivity index (χ4v) is 2.09. The molecule has 0 aliphatic rings. The summed E-state index contributed by atoms with van der Waals surface area (Å²) in [6.07, 6.45) is 3.39. The van der Waals surface area contributed by atoms with Gasteiger partial charge < -0.3 is 15.2 Å². The van der Waals surface area contributed by atoms with Crippen LogP contribution in [-0.4, -0.2) is 31.4 Å². The molecular weight excluding hydrogens is 262 g/mol. The van der Waals surface area contributed by atoms with E-state index in [2.05, 4.69) is 5.32 Å². The highest BCUT2D eigenvalue weighted by Crippen LogP contribution is 2.25. The quantitative estimate of drug-likeness (QED) is 0.683. The summed E-state index contributed by atoms with van der Waals surface area (Å²) in [5.41, 5.74) is 2.13. The lowest BCUT2D eigenvalue weighted by Gasteiger charge is -2.09. The van der Waals surface area contributed by atoms with Gasteiger partial charge in [-0.05, 0) is 56.4 Å². The van der Waals surface area contributed by atoms with E-state index in [0.29, 0.717) is 0 Å². The number of halogens is 1. The molecular formula is C15H25ClNO2+. The van der Waals surface area contributed by atoms with Crippen molar-refractivity contribution in [2.45, 2.75) is 33.1 Å². The lowest BCUT2D eigenvalue weighted by Crippen LogP contribution is -2.85. The molecule has 0 spiro atoms. The lowest BCUT2D eigenvalue weighted by atomic mass is 10.1. The first kappa shape index (κ1) is 16.3. The Bertz CT molecular complexity index is 359. The maximum atomic E-state index is 8.64. The monoisotopic (exact) mass is 286 g/mol. The van der Waals surface area contributed by atoms with Crippen molar-refractivity contribution in [3.8, 4) is 5.75 Å². The molecule has 19 heavy (non-hydrogen) atoms. The Hall–Kier alpha value is -0.770. The highest BCUT2D eigenvalue weighted by atomic mass is 35.5. The number of aliphatic hydroxyl groups is 1. The number of rotatable bonds is 9. The summed E-state index contributed by atoms with van der Waals surface area (Å²) < 4.78 is 5.74. The summed E-state index contributed by atoms with van der Waals surface area (Å²) >= 11 is 6.12. The molecule has 4 heteroatoms. The van der Waals surface area contributed by atoms with E-state index in [4.69, 9.17) is 21.4 Å². The molecule has 0 radical (unpaired) electrons. The zero-order valence-electron chi connectivity index (χ0n) is 11.9. The molecule has 3 nitrogen and oxygen atoms in total. The topological polar surface area (TPSA) is 46.1 Å². The third-order valence-electron chi connectivity index (χ3n) is 3.06. The highest BCUT2D eigenvalue weighted by molar-refractivity contribution is 6.32. The van der Waals surface area contributed by atoms with Crippen molar-refractivity contribution in [2.75, 3.05) is 26.3 Å². The Morgan fingerprint density at radius 1 is 1.11 bits per heavy atom. The Morgan fingerprint density at radius 3 is 2.42 bits per heavy atom. The molecule has 1 aromatic carbocycles. The van der Waals surface area contributed by atoms with Crippen LogP contribution in [0.2, 0.25) is 5.02 Å². The van der Waals surface area contributed by atoms with Crippen LogP contribution < -0.4 is 10.1 Å². The van der Waals surface area contributed by atoms with Gasteiger partial charge in [0, 0.05) is 5.02 Å². The van der Waals surface area contributed by atoms with Crippen LogP contribution in [0.15, 0.2) is 12.1 Å². The van der Waals surface area contributed by atoms with Crippen LogP contribution >= 0.6 is 11.6 Å². The average molecular weight is 287 g/mol. The molecule has 0 saturated carbocycles. The minimum absolute atomic E-state index is 0.262. The predicted octanol–water partition coefficient (Wildman–Crippen LogP) is 2.06. The second kappa shape index (κ2) is 9.18. The number of ether oxygens (including phenoxy) is 1. The molecule has 0 fully saturated rings. The molecule has 1 aromatic rings. The first-order valence-corrected chi connectivity index (χ1v) is 7.35.